The Labute approximate surface area is 85.3 Å². The van der Waals surface area contributed by atoms with Crippen molar-refractivity contribution in [3.8, 4) is 0 Å². The van der Waals surface area contributed by atoms with E-state index in [0.717, 1.165) is 0 Å². The van der Waals surface area contributed by atoms with E-state index in [2.05, 4.69) is 12.6 Å². The lowest BCUT2D eigenvalue weighted by Crippen LogP contribution is -2.28. The first-order chi connectivity index (χ1) is 4.50. The molecule has 0 radical (unpaired) electrons. The molecule has 0 rings (SSSR count). The number of rotatable bonds is 4. The van der Waals surface area contributed by atoms with E-state index in [1.165, 1.54) is 0 Å². The molecule has 0 aliphatic heterocycles. The zero-order valence-electron chi connectivity index (χ0n) is 4.86. The van der Waals surface area contributed by atoms with E-state index in [1.54, 1.807) is 0 Å². The van der Waals surface area contributed by atoms with E-state index < -0.39 is 9.17 Å². The van der Waals surface area contributed by atoms with Crippen molar-refractivity contribution < 1.29 is 4.74 Å². The number of alkyl halides is 4. The average molecular weight is 244 g/mol. The molecular formula is C4H6Cl4OS. The maximum atomic E-state index is 5.59. The van der Waals surface area contributed by atoms with Crippen LogP contribution in [0.3, 0.4) is 0 Å². The van der Waals surface area contributed by atoms with E-state index >= 15 is 0 Å². The SMILES string of the molecule is SCOCC(Cl)(Cl)C(Cl)Cl. The average Bonchev–Trinajstić information content (AvgIpc) is 1.84. The molecule has 0 saturated heterocycles. The molecule has 0 fully saturated rings. The molecule has 0 aromatic carbocycles. The van der Waals surface area contributed by atoms with Crippen LogP contribution in [0.2, 0.25) is 0 Å². The monoisotopic (exact) mass is 242 g/mol. The van der Waals surface area contributed by atoms with Crippen LogP contribution in [-0.2, 0) is 4.74 Å². The minimum absolute atomic E-state index is 0.0667. The fraction of sp³-hybridized carbons (Fsp3) is 1.00. The molecule has 0 atom stereocenters. The van der Waals surface area contributed by atoms with Gasteiger partial charge in [-0.2, -0.15) is 12.6 Å². The Morgan fingerprint density at radius 3 is 2.20 bits per heavy atom. The van der Waals surface area contributed by atoms with Gasteiger partial charge in [0.15, 0.2) is 4.33 Å². The molecule has 6 heteroatoms. The number of hydrogen-bond acceptors (Lipinski definition) is 2. The third-order valence-corrected chi connectivity index (χ3v) is 2.73. The molecule has 0 aliphatic rings. The van der Waals surface area contributed by atoms with E-state index in [4.69, 9.17) is 51.1 Å². The van der Waals surface area contributed by atoms with Gasteiger partial charge in [0.25, 0.3) is 0 Å². The van der Waals surface area contributed by atoms with Crippen molar-refractivity contribution in [2.45, 2.75) is 9.17 Å². The molecule has 0 spiro atoms. The van der Waals surface area contributed by atoms with Crippen molar-refractivity contribution in [2.24, 2.45) is 0 Å². The highest BCUT2D eigenvalue weighted by atomic mass is 35.5. The maximum Gasteiger partial charge on any atom is 0.171 e. The lowest BCUT2D eigenvalue weighted by atomic mass is 10.5. The van der Waals surface area contributed by atoms with Crippen LogP contribution in [0.25, 0.3) is 0 Å². The Morgan fingerprint density at radius 1 is 1.40 bits per heavy atom. The third-order valence-electron chi connectivity index (χ3n) is 0.705. The van der Waals surface area contributed by atoms with Crippen LogP contribution in [0.4, 0.5) is 0 Å². The van der Waals surface area contributed by atoms with Crippen LogP contribution >= 0.6 is 59.0 Å². The summed E-state index contributed by atoms with van der Waals surface area (Å²) in [5.74, 6) is 0.238. The van der Waals surface area contributed by atoms with Gasteiger partial charge in [-0.25, -0.2) is 0 Å². The Balaban J connectivity index is 3.63. The van der Waals surface area contributed by atoms with Gasteiger partial charge in [-0.15, -0.1) is 23.2 Å². The Kier molecular flexibility index (Phi) is 5.94. The van der Waals surface area contributed by atoms with Crippen molar-refractivity contribution in [3.05, 3.63) is 0 Å². The second kappa shape index (κ2) is 5.18. The second-order valence-electron chi connectivity index (χ2n) is 1.54. The highest BCUT2D eigenvalue weighted by molar-refractivity contribution is 7.80. The summed E-state index contributed by atoms with van der Waals surface area (Å²) in [6.07, 6.45) is 0. The normalized spacial score (nSPS) is 12.6. The molecule has 0 aliphatic carbocycles. The molecule has 0 unspecified atom stereocenters. The molecule has 62 valence electrons. The lowest BCUT2D eigenvalue weighted by molar-refractivity contribution is 0.177. The molecule has 0 heterocycles. The molecule has 0 amide bonds. The number of hydrogen-bond donors (Lipinski definition) is 1. The van der Waals surface area contributed by atoms with Gasteiger partial charge in [-0.05, 0) is 0 Å². The summed E-state index contributed by atoms with van der Waals surface area (Å²) in [6.45, 7) is 0.0667. The van der Waals surface area contributed by atoms with Gasteiger partial charge in [-0.1, -0.05) is 23.2 Å². The van der Waals surface area contributed by atoms with Crippen molar-refractivity contribution in [1.29, 1.82) is 0 Å². The maximum absolute atomic E-state index is 5.59. The number of halogens is 4. The van der Waals surface area contributed by atoms with Gasteiger partial charge in [0.2, 0.25) is 0 Å². The van der Waals surface area contributed by atoms with Gasteiger partial charge in [-0.3, -0.25) is 0 Å². The summed E-state index contributed by atoms with van der Waals surface area (Å²) < 4.78 is 3.55. The second-order valence-corrected chi connectivity index (χ2v) is 4.44. The Hall–Kier alpha value is 1.47. The predicted octanol–water partition coefficient (Wildman–Crippen LogP) is 2.87. The lowest BCUT2D eigenvalue weighted by Gasteiger charge is -2.19. The first-order valence-corrected chi connectivity index (χ1v) is 4.61. The zero-order valence-corrected chi connectivity index (χ0v) is 8.78. The van der Waals surface area contributed by atoms with Crippen molar-refractivity contribution in [1.82, 2.24) is 0 Å². The predicted molar refractivity (Wildman–Crippen MR) is 49.7 cm³/mol. The van der Waals surface area contributed by atoms with Crippen LogP contribution in [0.1, 0.15) is 0 Å². The fourth-order valence-corrected chi connectivity index (χ4v) is 0.616. The molecule has 0 aromatic heterocycles. The standard InChI is InChI=1S/C4H6Cl4OS/c5-3(6)4(7,8)1-9-2-10/h3,10H,1-2H2. The van der Waals surface area contributed by atoms with E-state index in [0.29, 0.717) is 0 Å². The highest BCUT2D eigenvalue weighted by Crippen LogP contribution is 2.32. The minimum Gasteiger partial charge on any atom is -0.368 e. The summed E-state index contributed by atoms with van der Waals surface area (Å²) >= 11 is 25.8. The molecule has 1 nitrogen and oxygen atoms in total. The van der Waals surface area contributed by atoms with Crippen LogP contribution in [0.5, 0.6) is 0 Å². The van der Waals surface area contributed by atoms with Crippen molar-refractivity contribution in [2.75, 3.05) is 12.5 Å². The summed E-state index contributed by atoms with van der Waals surface area (Å²) in [5, 5.41) is 0. The van der Waals surface area contributed by atoms with Crippen LogP contribution < -0.4 is 0 Å². The molecule has 0 aromatic rings. The van der Waals surface area contributed by atoms with Crippen LogP contribution in [-0.4, -0.2) is 21.7 Å². The van der Waals surface area contributed by atoms with E-state index in [-0.39, 0.29) is 12.5 Å². The van der Waals surface area contributed by atoms with Gasteiger partial charge < -0.3 is 4.74 Å². The fourth-order valence-electron chi connectivity index (χ4n) is 0.245. The first kappa shape index (κ1) is 11.5. The van der Waals surface area contributed by atoms with Gasteiger partial charge in [0.05, 0.1) is 12.5 Å². The van der Waals surface area contributed by atoms with Crippen molar-refractivity contribution >= 4 is 59.0 Å². The van der Waals surface area contributed by atoms with Crippen molar-refractivity contribution in [3.63, 3.8) is 0 Å². The van der Waals surface area contributed by atoms with Gasteiger partial charge >= 0.3 is 0 Å². The van der Waals surface area contributed by atoms with E-state index in [1.807, 2.05) is 0 Å². The molecule has 0 bridgehead atoms. The molecular weight excluding hydrogens is 238 g/mol. The quantitative estimate of drug-likeness (QED) is 0.454. The Morgan fingerprint density at radius 2 is 1.90 bits per heavy atom. The van der Waals surface area contributed by atoms with Crippen LogP contribution in [0.15, 0.2) is 0 Å². The number of thiol groups is 1. The zero-order chi connectivity index (χ0) is 8.20. The summed E-state index contributed by atoms with van der Waals surface area (Å²) in [5.41, 5.74) is 0. The first-order valence-electron chi connectivity index (χ1n) is 2.35. The number of ether oxygens (including phenoxy) is 1. The minimum atomic E-state index is -1.24. The van der Waals surface area contributed by atoms with Crippen LogP contribution in [0, 0.1) is 0 Å². The molecule has 0 saturated carbocycles. The smallest absolute Gasteiger partial charge is 0.171 e. The summed E-state index contributed by atoms with van der Waals surface area (Å²) in [6, 6.07) is 0. The summed E-state index contributed by atoms with van der Waals surface area (Å²) in [4.78, 5) is -0.865. The highest BCUT2D eigenvalue weighted by Gasteiger charge is 2.32. The third kappa shape index (κ3) is 4.37. The molecule has 0 N–H and O–H groups in total. The largest absolute Gasteiger partial charge is 0.368 e. The summed E-state index contributed by atoms with van der Waals surface area (Å²) in [7, 11) is 0. The Bertz CT molecular complexity index is 97.3. The van der Waals surface area contributed by atoms with Gasteiger partial charge in [0.1, 0.15) is 4.84 Å². The topological polar surface area (TPSA) is 9.23 Å². The molecule has 10 heavy (non-hydrogen) atoms. The van der Waals surface area contributed by atoms with Gasteiger partial charge in [0, 0.05) is 0 Å². The van der Waals surface area contributed by atoms with E-state index in [9.17, 15) is 0 Å².